The molecular weight excluding hydrogens is 400 g/mol. The number of thiazole rings is 1. The molecule has 0 bridgehead atoms. The lowest BCUT2D eigenvalue weighted by atomic mass is 10.1. The van der Waals surface area contributed by atoms with Crippen LogP contribution >= 0.6 is 23.1 Å². The van der Waals surface area contributed by atoms with E-state index in [9.17, 15) is 9.59 Å². The lowest BCUT2D eigenvalue weighted by molar-refractivity contribution is -0.115. The molecule has 0 radical (unpaired) electrons. The third-order valence-electron chi connectivity index (χ3n) is 4.54. The van der Waals surface area contributed by atoms with Gasteiger partial charge >= 0.3 is 0 Å². The number of carbonyl (C=O) groups is 2. The molecule has 6 heteroatoms. The van der Waals surface area contributed by atoms with Crippen molar-refractivity contribution in [1.29, 1.82) is 0 Å². The number of nitrogens with zero attached hydrogens (tertiary/aromatic N) is 1. The first-order chi connectivity index (χ1) is 13.9. The SMILES string of the molecule is CCc1ccc(C(=O)CSc2nc(CC(=O)Nc3ccc(C)cc3C)cs2)cc1. The van der Waals surface area contributed by atoms with Gasteiger partial charge in [-0.3, -0.25) is 9.59 Å². The summed E-state index contributed by atoms with van der Waals surface area (Å²) < 4.78 is 0.804. The number of amides is 1. The number of carbonyl (C=O) groups excluding carboxylic acids is 2. The van der Waals surface area contributed by atoms with Crippen LogP contribution in [0.15, 0.2) is 52.2 Å². The van der Waals surface area contributed by atoms with Gasteiger partial charge in [0.1, 0.15) is 0 Å². The fraction of sp³-hybridized carbons (Fsp3) is 0.261. The van der Waals surface area contributed by atoms with E-state index in [0.717, 1.165) is 38.8 Å². The minimum atomic E-state index is -0.0918. The number of anilines is 1. The molecule has 0 spiro atoms. The highest BCUT2D eigenvalue weighted by Crippen LogP contribution is 2.24. The van der Waals surface area contributed by atoms with Gasteiger partial charge < -0.3 is 5.32 Å². The Balaban J connectivity index is 1.52. The van der Waals surface area contributed by atoms with Gasteiger partial charge in [-0.15, -0.1) is 11.3 Å². The minimum Gasteiger partial charge on any atom is -0.326 e. The zero-order valence-corrected chi connectivity index (χ0v) is 18.5. The Bertz CT molecular complexity index is 1010. The summed E-state index contributed by atoms with van der Waals surface area (Å²) in [4.78, 5) is 29.2. The molecule has 0 atom stereocenters. The van der Waals surface area contributed by atoms with Gasteiger partial charge in [0.2, 0.25) is 5.91 Å². The van der Waals surface area contributed by atoms with Crippen molar-refractivity contribution in [3.8, 4) is 0 Å². The monoisotopic (exact) mass is 424 g/mol. The average molecular weight is 425 g/mol. The van der Waals surface area contributed by atoms with Crippen LogP contribution in [0.25, 0.3) is 0 Å². The Labute approximate surface area is 179 Å². The van der Waals surface area contributed by atoms with Crippen molar-refractivity contribution >= 4 is 40.5 Å². The maximum atomic E-state index is 12.4. The summed E-state index contributed by atoms with van der Waals surface area (Å²) in [5, 5.41) is 4.82. The van der Waals surface area contributed by atoms with E-state index in [4.69, 9.17) is 0 Å². The molecule has 1 N–H and O–H groups in total. The summed E-state index contributed by atoms with van der Waals surface area (Å²) in [5.41, 5.74) is 5.69. The topological polar surface area (TPSA) is 59.1 Å². The number of thioether (sulfide) groups is 1. The van der Waals surface area contributed by atoms with Gasteiger partial charge in [0.15, 0.2) is 10.1 Å². The van der Waals surface area contributed by atoms with Crippen LogP contribution in [0, 0.1) is 13.8 Å². The second-order valence-electron chi connectivity index (χ2n) is 6.91. The fourth-order valence-corrected chi connectivity index (χ4v) is 4.62. The maximum Gasteiger partial charge on any atom is 0.230 e. The highest BCUT2D eigenvalue weighted by Gasteiger charge is 2.12. The van der Waals surface area contributed by atoms with Gasteiger partial charge in [-0.25, -0.2) is 4.98 Å². The normalized spacial score (nSPS) is 10.7. The van der Waals surface area contributed by atoms with Crippen LogP contribution in [0.2, 0.25) is 0 Å². The van der Waals surface area contributed by atoms with Gasteiger partial charge in [-0.1, -0.05) is 60.6 Å². The number of rotatable bonds is 8. The smallest absolute Gasteiger partial charge is 0.230 e. The van der Waals surface area contributed by atoms with Crippen LogP contribution in [0.3, 0.4) is 0 Å². The van der Waals surface area contributed by atoms with Crippen LogP contribution in [0.1, 0.15) is 39.7 Å². The first-order valence-electron chi connectivity index (χ1n) is 9.51. The van der Waals surface area contributed by atoms with Gasteiger partial charge in [-0.05, 0) is 37.5 Å². The van der Waals surface area contributed by atoms with E-state index in [1.807, 2.05) is 61.7 Å². The van der Waals surface area contributed by atoms with Gasteiger partial charge in [0.25, 0.3) is 0 Å². The van der Waals surface area contributed by atoms with E-state index < -0.39 is 0 Å². The summed E-state index contributed by atoms with van der Waals surface area (Å²) in [6, 6.07) is 13.7. The lowest BCUT2D eigenvalue weighted by Gasteiger charge is -2.08. The van der Waals surface area contributed by atoms with E-state index in [1.165, 1.54) is 28.7 Å². The third kappa shape index (κ3) is 6.02. The van der Waals surface area contributed by atoms with Gasteiger partial charge in [0.05, 0.1) is 17.9 Å². The molecule has 0 unspecified atom stereocenters. The van der Waals surface area contributed by atoms with Crippen molar-refractivity contribution in [1.82, 2.24) is 4.98 Å². The van der Waals surface area contributed by atoms with Crippen molar-refractivity contribution in [2.24, 2.45) is 0 Å². The molecule has 4 nitrogen and oxygen atoms in total. The Morgan fingerprint density at radius 3 is 2.55 bits per heavy atom. The summed E-state index contributed by atoms with van der Waals surface area (Å²) >= 11 is 2.88. The molecule has 3 aromatic rings. The van der Waals surface area contributed by atoms with Crippen LogP contribution in [0.4, 0.5) is 5.69 Å². The van der Waals surface area contributed by atoms with Crippen molar-refractivity contribution in [3.63, 3.8) is 0 Å². The molecule has 0 fully saturated rings. The number of benzene rings is 2. The molecule has 1 aromatic heterocycles. The van der Waals surface area contributed by atoms with E-state index >= 15 is 0 Å². The quantitative estimate of drug-likeness (QED) is 0.384. The van der Waals surface area contributed by atoms with E-state index in [2.05, 4.69) is 17.2 Å². The molecule has 0 aliphatic heterocycles. The Hall–Kier alpha value is -2.44. The molecule has 0 aliphatic carbocycles. The van der Waals surface area contributed by atoms with Crippen molar-refractivity contribution in [3.05, 3.63) is 75.8 Å². The van der Waals surface area contributed by atoms with Crippen LogP contribution < -0.4 is 5.32 Å². The summed E-state index contributed by atoms with van der Waals surface area (Å²) in [6.45, 7) is 6.10. The molecule has 2 aromatic carbocycles. The van der Waals surface area contributed by atoms with E-state index in [-0.39, 0.29) is 18.1 Å². The molecule has 0 saturated carbocycles. The van der Waals surface area contributed by atoms with Crippen LogP contribution in [-0.4, -0.2) is 22.4 Å². The maximum absolute atomic E-state index is 12.4. The number of hydrogen-bond donors (Lipinski definition) is 1. The number of aryl methyl sites for hydroxylation is 3. The summed E-state index contributed by atoms with van der Waals surface area (Å²) in [7, 11) is 0. The predicted molar refractivity (Wildman–Crippen MR) is 121 cm³/mol. The zero-order chi connectivity index (χ0) is 20.8. The molecule has 0 aliphatic rings. The van der Waals surface area contributed by atoms with Crippen LogP contribution in [-0.2, 0) is 17.6 Å². The molecular formula is C23H24N2O2S2. The lowest BCUT2D eigenvalue weighted by Crippen LogP contribution is -2.15. The highest BCUT2D eigenvalue weighted by atomic mass is 32.2. The third-order valence-corrected chi connectivity index (χ3v) is 6.61. The van der Waals surface area contributed by atoms with E-state index in [1.54, 1.807) is 0 Å². The second kappa shape index (κ2) is 9.85. The van der Waals surface area contributed by atoms with Crippen molar-refractivity contribution < 1.29 is 9.59 Å². The Kier molecular flexibility index (Phi) is 7.23. The molecule has 0 saturated heterocycles. The standard InChI is InChI=1S/C23H24N2O2S2/c1-4-17-6-8-18(9-7-17)21(26)14-29-23-24-19(13-28-23)12-22(27)25-20-10-5-15(2)11-16(20)3/h5-11,13H,4,12,14H2,1-3H3,(H,25,27). The minimum absolute atomic E-state index is 0.0852. The fourth-order valence-electron chi connectivity index (χ4n) is 2.89. The van der Waals surface area contributed by atoms with Gasteiger partial charge in [-0.2, -0.15) is 0 Å². The van der Waals surface area contributed by atoms with Crippen LogP contribution in [0.5, 0.6) is 0 Å². The van der Waals surface area contributed by atoms with Gasteiger partial charge in [0, 0.05) is 16.6 Å². The summed E-state index contributed by atoms with van der Waals surface area (Å²) in [6.07, 6.45) is 1.18. The highest BCUT2D eigenvalue weighted by molar-refractivity contribution is 8.01. The first kappa shape index (κ1) is 21.3. The summed E-state index contributed by atoms with van der Waals surface area (Å²) in [5.74, 6) is 0.334. The largest absolute Gasteiger partial charge is 0.326 e. The van der Waals surface area contributed by atoms with Crippen molar-refractivity contribution in [2.75, 3.05) is 11.1 Å². The molecule has 29 heavy (non-hydrogen) atoms. The predicted octanol–water partition coefficient (Wildman–Crippen LogP) is 5.48. The second-order valence-corrected chi connectivity index (χ2v) is 8.99. The van der Waals surface area contributed by atoms with E-state index in [0.29, 0.717) is 5.75 Å². The number of Topliss-reactive ketones (excluding diaryl/α,β-unsaturated/α-hetero) is 1. The average Bonchev–Trinajstić information content (AvgIpc) is 3.15. The molecule has 150 valence electrons. The van der Waals surface area contributed by atoms with Crippen molar-refractivity contribution in [2.45, 2.75) is 38.0 Å². The Morgan fingerprint density at radius 2 is 1.86 bits per heavy atom. The molecule has 3 rings (SSSR count). The zero-order valence-electron chi connectivity index (χ0n) is 16.8. The number of hydrogen-bond acceptors (Lipinski definition) is 5. The number of ketones is 1. The first-order valence-corrected chi connectivity index (χ1v) is 11.4. The Morgan fingerprint density at radius 1 is 1.10 bits per heavy atom. The number of aromatic nitrogens is 1. The number of nitrogens with one attached hydrogen (secondary N) is 1. The molecule has 1 amide bonds. The molecule has 1 heterocycles.